The van der Waals surface area contributed by atoms with Gasteiger partial charge in [-0.15, -0.1) is 0 Å². The van der Waals surface area contributed by atoms with Crippen molar-refractivity contribution in [2.45, 2.75) is 52.7 Å². The molecule has 0 atom stereocenters. The molecule has 106 valence electrons. The molecule has 0 aliphatic rings. The highest BCUT2D eigenvalue weighted by Gasteiger charge is 2.37. The molecule has 0 aliphatic heterocycles. The minimum atomic E-state index is -1.12. The Labute approximate surface area is 112 Å². The molecule has 6 nitrogen and oxygen atoms in total. The largest absolute Gasteiger partial charge is 0.388 e. The van der Waals surface area contributed by atoms with Crippen LogP contribution in [0.3, 0.4) is 0 Å². The number of nitrogens with zero attached hydrogens (tertiary/aromatic N) is 1. The number of aromatic nitrogens is 2. The lowest BCUT2D eigenvalue weighted by molar-refractivity contribution is -0.00298. The summed E-state index contributed by atoms with van der Waals surface area (Å²) in [4.78, 5) is 24.0. The number of carbonyl (C=O) groups excluding carboxylic acids is 1. The molecule has 0 bridgehead atoms. The van der Waals surface area contributed by atoms with Crippen LogP contribution in [0.2, 0.25) is 0 Å². The molecule has 0 aromatic carbocycles. The number of hydrogen-bond donors (Lipinski definition) is 3. The third-order valence-electron chi connectivity index (χ3n) is 3.65. The molecular weight excluding hydrogens is 246 g/mol. The average Bonchev–Trinajstić information content (AvgIpc) is 2.21. The van der Waals surface area contributed by atoms with E-state index in [4.69, 9.17) is 0 Å². The smallest absolute Gasteiger partial charge is 0.277 e. The van der Waals surface area contributed by atoms with Gasteiger partial charge in [-0.2, -0.15) is 5.10 Å². The van der Waals surface area contributed by atoms with E-state index in [1.165, 1.54) is 0 Å². The molecule has 19 heavy (non-hydrogen) atoms. The third kappa shape index (κ3) is 3.01. The van der Waals surface area contributed by atoms with Crippen molar-refractivity contribution in [2.75, 3.05) is 0 Å². The van der Waals surface area contributed by atoms with Gasteiger partial charge in [0, 0.05) is 0 Å². The third-order valence-corrected chi connectivity index (χ3v) is 3.65. The number of aliphatic hydroxyl groups is 1. The maximum absolute atomic E-state index is 12.2. The minimum absolute atomic E-state index is 0.0322. The lowest BCUT2D eigenvalue weighted by atomic mass is 9.85. The average molecular weight is 267 g/mol. The highest BCUT2D eigenvalue weighted by molar-refractivity contribution is 5.95. The lowest BCUT2D eigenvalue weighted by Gasteiger charge is -2.38. The maximum Gasteiger partial charge on any atom is 0.277 e. The van der Waals surface area contributed by atoms with Crippen LogP contribution in [-0.2, 0) is 0 Å². The molecule has 1 heterocycles. The van der Waals surface area contributed by atoms with Crippen LogP contribution in [0.5, 0.6) is 0 Å². The summed E-state index contributed by atoms with van der Waals surface area (Å²) in [5, 5.41) is 18.8. The first kappa shape index (κ1) is 15.4. The monoisotopic (exact) mass is 267 g/mol. The first-order valence-corrected chi connectivity index (χ1v) is 6.08. The molecule has 0 spiro atoms. The van der Waals surface area contributed by atoms with E-state index in [2.05, 4.69) is 15.5 Å². The lowest BCUT2D eigenvalue weighted by Crippen LogP contribution is -2.58. The molecule has 1 rings (SSSR count). The van der Waals surface area contributed by atoms with Crippen molar-refractivity contribution < 1.29 is 9.90 Å². The highest BCUT2D eigenvalue weighted by Crippen LogP contribution is 2.21. The standard InChI is InChI=1S/C13H21N3O3/c1-7-8(2)15-16-11(18)9(7)10(17)14-12(3,4)13(5,6)19/h19H,1-6H3,(H,14,17)(H,16,18). The summed E-state index contributed by atoms with van der Waals surface area (Å²) in [5.74, 6) is -0.517. The maximum atomic E-state index is 12.2. The molecule has 1 amide bonds. The van der Waals surface area contributed by atoms with Gasteiger partial charge in [-0.1, -0.05) is 0 Å². The molecule has 0 saturated heterocycles. The van der Waals surface area contributed by atoms with Crippen molar-refractivity contribution in [3.05, 3.63) is 27.2 Å². The van der Waals surface area contributed by atoms with Crippen LogP contribution in [0, 0.1) is 13.8 Å². The molecule has 0 saturated carbocycles. The number of carbonyl (C=O) groups is 1. The quantitative estimate of drug-likeness (QED) is 0.750. The number of aryl methyl sites for hydroxylation is 1. The molecule has 6 heteroatoms. The Kier molecular flexibility index (Phi) is 3.86. The topological polar surface area (TPSA) is 95.1 Å². The molecule has 1 aromatic rings. The van der Waals surface area contributed by atoms with E-state index in [0.29, 0.717) is 11.3 Å². The minimum Gasteiger partial charge on any atom is -0.388 e. The fourth-order valence-electron chi connectivity index (χ4n) is 1.40. The van der Waals surface area contributed by atoms with Crippen molar-refractivity contribution in [1.82, 2.24) is 15.5 Å². The summed E-state index contributed by atoms with van der Waals surface area (Å²) < 4.78 is 0. The number of hydrogen-bond acceptors (Lipinski definition) is 4. The van der Waals surface area contributed by atoms with Gasteiger partial charge in [-0.25, -0.2) is 5.10 Å². The number of aromatic amines is 1. The number of H-pyrrole nitrogens is 1. The molecular formula is C13H21N3O3. The van der Waals surface area contributed by atoms with E-state index >= 15 is 0 Å². The van der Waals surface area contributed by atoms with E-state index in [9.17, 15) is 14.7 Å². The summed E-state index contributed by atoms with van der Waals surface area (Å²) in [6.07, 6.45) is 0. The Morgan fingerprint density at radius 2 is 1.79 bits per heavy atom. The van der Waals surface area contributed by atoms with Crippen molar-refractivity contribution in [1.29, 1.82) is 0 Å². The summed E-state index contributed by atoms with van der Waals surface area (Å²) >= 11 is 0. The van der Waals surface area contributed by atoms with Crippen LogP contribution in [0.4, 0.5) is 0 Å². The zero-order valence-corrected chi connectivity index (χ0v) is 12.2. The fourth-order valence-corrected chi connectivity index (χ4v) is 1.40. The number of nitrogens with one attached hydrogen (secondary N) is 2. The zero-order valence-electron chi connectivity index (χ0n) is 12.2. The molecule has 3 N–H and O–H groups in total. The van der Waals surface area contributed by atoms with Crippen molar-refractivity contribution in [2.24, 2.45) is 0 Å². The molecule has 0 aliphatic carbocycles. The van der Waals surface area contributed by atoms with Crippen LogP contribution in [0.15, 0.2) is 4.79 Å². The normalized spacial score (nSPS) is 12.4. The predicted octanol–water partition coefficient (Wildman–Crippen LogP) is 0.666. The Balaban J connectivity index is 3.17. The van der Waals surface area contributed by atoms with Crippen LogP contribution in [0.1, 0.15) is 49.3 Å². The van der Waals surface area contributed by atoms with E-state index in [1.807, 2.05) is 0 Å². The van der Waals surface area contributed by atoms with Crippen LogP contribution >= 0.6 is 0 Å². The van der Waals surface area contributed by atoms with Gasteiger partial charge in [0.2, 0.25) is 0 Å². The summed E-state index contributed by atoms with van der Waals surface area (Å²) in [6, 6.07) is 0. The predicted molar refractivity (Wildman–Crippen MR) is 72.2 cm³/mol. The Bertz CT molecular complexity index is 553. The van der Waals surface area contributed by atoms with Gasteiger partial charge in [-0.05, 0) is 47.1 Å². The summed E-state index contributed by atoms with van der Waals surface area (Å²) in [6.45, 7) is 9.97. The SMILES string of the molecule is Cc1n[nH]c(=O)c(C(=O)NC(C)(C)C(C)(C)O)c1C. The Hall–Kier alpha value is -1.69. The molecule has 0 unspecified atom stereocenters. The van der Waals surface area contributed by atoms with Crippen LogP contribution in [0.25, 0.3) is 0 Å². The first-order valence-electron chi connectivity index (χ1n) is 6.08. The van der Waals surface area contributed by atoms with E-state index < -0.39 is 22.6 Å². The zero-order chi connectivity index (χ0) is 15.0. The molecule has 1 aromatic heterocycles. The van der Waals surface area contributed by atoms with Gasteiger partial charge >= 0.3 is 0 Å². The van der Waals surface area contributed by atoms with Crippen LogP contribution < -0.4 is 10.9 Å². The van der Waals surface area contributed by atoms with Gasteiger partial charge in [-0.3, -0.25) is 9.59 Å². The van der Waals surface area contributed by atoms with E-state index in [0.717, 1.165) is 0 Å². The van der Waals surface area contributed by atoms with Gasteiger partial charge in [0.15, 0.2) is 0 Å². The first-order chi connectivity index (χ1) is 8.47. The highest BCUT2D eigenvalue weighted by atomic mass is 16.3. The van der Waals surface area contributed by atoms with Gasteiger partial charge in [0.1, 0.15) is 5.56 Å². The number of rotatable bonds is 3. The Morgan fingerprint density at radius 3 is 2.26 bits per heavy atom. The van der Waals surface area contributed by atoms with Gasteiger partial charge < -0.3 is 10.4 Å². The summed E-state index contributed by atoms with van der Waals surface area (Å²) in [5.41, 5.74) is -1.37. The van der Waals surface area contributed by atoms with Crippen molar-refractivity contribution >= 4 is 5.91 Å². The number of amides is 1. The molecule has 0 radical (unpaired) electrons. The van der Waals surface area contributed by atoms with Crippen molar-refractivity contribution in [3.8, 4) is 0 Å². The Morgan fingerprint density at radius 1 is 1.26 bits per heavy atom. The second kappa shape index (κ2) is 4.77. The molecule has 0 fully saturated rings. The van der Waals surface area contributed by atoms with Crippen LogP contribution in [-0.4, -0.2) is 32.4 Å². The van der Waals surface area contributed by atoms with E-state index in [-0.39, 0.29) is 5.56 Å². The second-order valence-corrected chi connectivity index (χ2v) is 5.78. The van der Waals surface area contributed by atoms with Crippen molar-refractivity contribution in [3.63, 3.8) is 0 Å². The fraction of sp³-hybridized carbons (Fsp3) is 0.615. The summed E-state index contributed by atoms with van der Waals surface area (Å²) in [7, 11) is 0. The van der Waals surface area contributed by atoms with E-state index in [1.54, 1.807) is 41.5 Å². The van der Waals surface area contributed by atoms with Gasteiger partial charge in [0.25, 0.3) is 11.5 Å². The second-order valence-electron chi connectivity index (χ2n) is 5.78. The van der Waals surface area contributed by atoms with Gasteiger partial charge in [0.05, 0.1) is 16.8 Å².